The summed E-state index contributed by atoms with van der Waals surface area (Å²) in [4.78, 5) is 27.8. The van der Waals surface area contributed by atoms with Gasteiger partial charge in [0, 0.05) is 24.7 Å². The van der Waals surface area contributed by atoms with Gasteiger partial charge in [-0.25, -0.2) is 8.78 Å². The Balaban J connectivity index is 1.91. The lowest BCUT2D eigenvalue weighted by Crippen LogP contribution is -2.51. The molecule has 0 N–H and O–H groups in total. The number of ether oxygens (including phenoxy) is 3. The van der Waals surface area contributed by atoms with Gasteiger partial charge in [0.25, 0.3) is 5.91 Å². The Bertz CT molecular complexity index is 996. The molecule has 0 bridgehead atoms. The van der Waals surface area contributed by atoms with E-state index in [4.69, 9.17) is 14.2 Å². The number of likely N-dealkylation sites (tertiary alicyclic amines) is 1. The highest BCUT2D eigenvalue weighted by atomic mass is 19.1. The molecule has 6 nitrogen and oxygen atoms in total. The van der Waals surface area contributed by atoms with Crippen molar-refractivity contribution in [3.8, 4) is 11.5 Å². The molecular weight excluding hydrogens is 420 g/mol. The first-order chi connectivity index (χ1) is 15.3. The second-order valence-corrected chi connectivity index (χ2v) is 7.81. The van der Waals surface area contributed by atoms with Crippen LogP contribution in [0.1, 0.15) is 35.7 Å². The molecule has 1 atom stereocenters. The van der Waals surface area contributed by atoms with Gasteiger partial charge in [-0.3, -0.25) is 9.59 Å². The Morgan fingerprint density at radius 2 is 1.81 bits per heavy atom. The number of hydrogen-bond donors (Lipinski definition) is 0. The quantitative estimate of drug-likeness (QED) is 0.600. The van der Waals surface area contributed by atoms with Crippen molar-refractivity contribution in [2.24, 2.45) is 5.41 Å². The third kappa shape index (κ3) is 4.84. The first-order valence-corrected chi connectivity index (χ1v) is 10.5. The summed E-state index contributed by atoms with van der Waals surface area (Å²) in [6.45, 7) is 2.37. The van der Waals surface area contributed by atoms with E-state index in [-0.39, 0.29) is 31.0 Å². The zero-order valence-electron chi connectivity index (χ0n) is 18.5. The first kappa shape index (κ1) is 23.5. The maximum absolute atomic E-state index is 14.4. The second-order valence-electron chi connectivity index (χ2n) is 7.81. The van der Waals surface area contributed by atoms with Crippen LogP contribution in [0.3, 0.4) is 0 Å². The number of esters is 1. The fourth-order valence-electron chi connectivity index (χ4n) is 4.15. The van der Waals surface area contributed by atoms with E-state index in [1.54, 1.807) is 30.0 Å². The molecule has 2 aromatic rings. The number of halogens is 2. The third-order valence-electron chi connectivity index (χ3n) is 5.75. The normalized spacial score (nSPS) is 18.2. The minimum atomic E-state index is -1.13. The number of piperidine rings is 1. The SMILES string of the molecule is CCOC(=O)C1(Cc2ccc(F)cc2F)CCCN(C(=O)c2ccc(OC)c(OC)c2)C1. The third-order valence-corrected chi connectivity index (χ3v) is 5.75. The molecule has 2 aromatic carbocycles. The highest BCUT2D eigenvalue weighted by Gasteiger charge is 2.45. The van der Waals surface area contributed by atoms with Gasteiger partial charge in [-0.2, -0.15) is 0 Å². The number of carbonyl (C=O) groups is 2. The Morgan fingerprint density at radius 1 is 1.06 bits per heavy atom. The summed E-state index contributed by atoms with van der Waals surface area (Å²) in [6, 6.07) is 8.14. The molecule has 1 fully saturated rings. The standard InChI is InChI=1S/C24H27F2NO5/c1-4-32-23(29)24(14-17-6-8-18(25)13-19(17)26)10-5-11-27(15-24)22(28)16-7-9-20(30-2)21(12-16)31-3/h6-9,12-13H,4-5,10-11,14-15H2,1-3H3. The van der Waals surface area contributed by atoms with Gasteiger partial charge in [-0.05, 0) is 56.0 Å². The summed E-state index contributed by atoms with van der Waals surface area (Å²) in [5.74, 6) is -1.27. The molecule has 8 heteroatoms. The van der Waals surface area contributed by atoms with Gasteiger partial charge < -0.3 is 19.1 Å². The van der Waals surface area contributed by atoms with E-state index < -0.39 is 23.0 Å². The van der Waals surface area contributed by atoms with Gasteiger partial charge in [0.05, 0.1) is 26.2 Å². The predicted molar refractivity (Wildman–Crippen MR) is 114 cm³/mol. The zero-order valence-corrected chi connectivity index (χ0v) is 18.5. The molecule has 1 unspecified atom stereocenters. The Morgan fingerprint density at radius 3 is 2.47 bits per heavy atom. The fourth-order valence-corrected chi connectivity index (χ4v) is 4.15. The topological polar surface area (TPSA) is 65.1 Å². The van der Waals surface area contributed by atoms with Gasteiger partial charge in [0.2, 0.25) is 0 Å². The average Bonchev–Trinajstić information content (AvgIpc) is 2.80. The van der Waals surface area contributed by atoms with Gasteiger partial charge in [0.1, 0.15) is 11.6 Å². The summed E-state index contributed by atoms with van der Waals surface area (Å²) in [7, 11) is 2.99. The molecule has 0 spiro atoms. The number of amides is 1. The van der Waals surface area contributed by atoms with E-state index in [1.807, 2.05) is 0 Å². The Labute approximate surface area is 186 Å². The van der Waals surface area contributed by atoms with Crippen molar-refractivity contribution in [3.05, 3.63) is 59.2 Å². The van der Waals surface area contributed by atoms with Crippen molar-refractivity contribution in [2.45, 2.75) is 26.2 Å². The first-order valence-electron chi connectivity index (χ1n) is 10.5. The van der Waals surface area contributed by atoms with Crippen molar-refractivity contribution < 1.29 is 32.6 Å². The van der Waals surface area contributed by atoms with Gasteiger partial charge in [-0.15, -0.1) is 0 Å². The summed E-state index contributed by atoms with van der Waals surface area (Å²) in [6.07, 6.45) is 0.979. The zero-order chi connectivity index (χ0) is 23.3. The van der Waals surface area contributed by atoms with Crippen molar-refractivity contribution in [2.75, 3.05) is 33.9 Å². The van der Waals surface area contributed by atoms with E-state index in [2.05, 4.69) is 0 Å². The molecule has 3 rings (SSSR count). The summed E-state index contributed by atoms with van der Waals surface area (Å²) < 4.78 is 43.6. The summed E-state index contributed by atoms with van der Waals surface area (Å²) >= 11 is 0. The number of benzene rings is 2. The molecule has 1 aliphatic heterocycles. The molecule has 1 saturated heterocycles. The van der Waals surface area contributed by atoms with E-state index in [1.165, 1.54) is 20.3 Å². The van der Waals surface area contributed by atoms with Gasteiger partial charge >= 0.3 is 5.97 Å². The number of carbonyl (C=O) groups excluding carboxylic acids is 2. The largest absolute Gasteiger partial charge is 0.493 e. The number of rotatable bonds is 7. The van der Waals surface area contributed by atoms with Crippen LogP contribution in [0.2, 0.25) is 0 Å². The van der Waals surface area contributed by atoms with Crippen molar-refractivity contribution >= 4 is 11.9 Å². The highest BCUT2D eigenvalue weighted by molar-refractivity contribution is 5.95. The van der Waals surface area contributed by atoms with Crippen LogP contribution < -0.4 is 9.47 Å². The molecule has 0 radical (unpaired) electrons. The lowest BCUT2D eigenvalue weighted by atomic mass is 9.74. The fraction of sp³-hybridized carbons (Fsp3) is 0.417. The van der Waals surface area contributed by atoms with E-state index in [0.29, 0.717) is 36.4 Å². The van der Waals surface area contributed by atoms with Crippen LogP contribution in [0.15, 0.2) is 36.4 Å². The molecule has 0 saturated carbocycles. The van der Waals surface area contributed by atoms with Crippen LogP contribution >= 0.6 is 0 Å². The van der Waals surface area contributed by atoms with Crippen LogP contribution in [0.5, 0.6) is 11.5 Å². The minimum Gasteiger partial charge on any atom is -0.493 e. The molecule has 1 amide bonds. The maximum atomic E-state index is 14.4. The van der Waals surface area contributed by atoms with Crippen LogP contribution in [0, 0.1) is 17.0 Å². The summed E-state index contributed by atoms with van der Waals surface area (Å²) in [5, 5.41) is 0. The molecule has 1 heterocycles. The van der Waals surface area contributed by atoms with Crippen molar-refractivity contribution in [1.82, 2.24) is 4.90 Å². The number of nitrogens with zero attached hydrogens (tertiary/aromatic N) is 1. The van der Waals surface area contributed by atoms with Crippen LogP contribution in [0.4, 0.5) is 8.78 Å². The second kappa shape index (κ2) is 9.97. The van der Waals surface area contributed by atoms with Gasteiger partial charge in [0.15, 0.2) is 11.5 Å². The van der Waals surface area contributed by atoms with E-state index in [0.717, 1.165) is 12.1 Å². The minimum absolute atomic E-state index is 0.00760. The summed E-state index contributed by atoms with van der Waals surface area (Å²) in [5.41, 5.74) is -0.533. The van der Waals surface area contributed by atoms with Crippen molar-refractivity contribution in [1.29, 1.82) is 0 Å². The monoisotopic (exact) mass is 447 g/mol. The Hall–Kier alpha value is -3.16. The molecule has 1 aliphatic rings. The maximum Gasteiger partial charge on any atom is 0.314 e. The molecule has 0 aromatic heterocycles. The molecular formula is C24H27F2NO5. The number of hydrogen-bond acceptors (Lipinski definition) is 5. The highest BCUT2D eigenvalue weighted by Crippen LogP contribution is 2.37. The van der Waals surface area contributed by atoms with Gasteiger partial charge in [-0.1, -0.05) is 6.07 Å². The predicted octanol–water partition coefficient (Wildman–Crippen LogP) is 4.01. The van der Waals surface area contributed by atoms with E-state index in [9.17, 15) is 18.4 Å². The van der Waals surface area contributed by atoms with E-state index >= 15 is 0 Å². The smallest absolute Gasteiger partial charge is 0.314 e. The van der Waals surface area contributed by atoms with Crippen LogP contribution in [-0.2, 0) is 16.0 Å². The number of methoxy groups -OCH3 is 2. The molecule has 32 heavy (non-hydrogen) atoms. The van der Waals surface area contributed by atoms with Crippen LogP contribution in [0.25, 0.3) is 0 Å². The Kier molecular flexibility index (Phi) is 7.33. The lowest BCUT2D eigenvalue weighted by Gasteiger charge is -2.41. The van der Waals surface area contributed by atoms with Crippen molar-refractivity contribution in [3.63, 3.8) is 0 Å². The van der Waals surface area contributed by atoms with Crippen LogP contribution in [-0.4, -0.2) is 50.7 Å². The molecule has 172 valence electrons. The lowest BCUT2D eigenvalue weighted by molar-refractivity contribution is -0.158. The average molecular weight is 447 g/mol. The molecule has 0 aliphatic carbocycles.